The maximum absolute atomic E-state index is 11.8. The standard InChI is InChI=1S/C12H14BrNO.C11H10BrNO.C6H7BrN2.C5H7ClO.Ca.ClH.O/c13-10-5-2-6-11(7-10)14-8-12(15)9-3-1-4-9;12-7-2-3-8-9(6-7)13-10(14)11(8)4-1-5-11;7-5-2-1-3-6(4-5)9-8;6-5(7)4-2-1-3-4;;;/h2,5-7,9,14H,1,3-4,8H2;2-3,6H,1,4-5H2,(H,13,14);1-4,9H,8H2;4H,1-3H2;;1H;. The van der Waals surface area contributed by atoms with Crippen molar-refractivity contribution < 1.29 is 15.8 Å². The van der Waals surface area contributed by atoms with E-state index in [0.29, 0.717) is 18.2 Å². The molecule has 0 saturated heterocycles. The van der Waals surface area contributed by atoms with Crippen LogP contribution in [0.5, 0.6) is 0 Å². The quantitative estimate of drug-likeness (QED) is 0.0840. The predicted molar refractivity (Wildman–Crippen MR) is 207 cm³/mol. The van der Waals surface area contributed by atoms with Gasteiger partial charge in [0.05, 0.1) is 12.0 Å². The van der Waals surface area contributed by atoms with E-state index in [1.807, 2.05) is 60.7 Å². The van der Waals surface area contributed by atoms with E-state index < -0.39 is 0 Å². The molecule has 3 aromatic carbocycles. The van der Waals surface area contributed by atoms with Crippen LogP contribution < -0.4 is 21.9 Å². The van der Waals surface area contributed by atoms with Gasteiger partial charge < -0.3 is 16.1 Å². The molecule has 1 aliphatic heterocycles. The number of nitrogens with two attached hydrogens (primary N) is 1. The second-order valence-corrected chi connectivity index (χ2v) is 14.7. The Labute approximate surface area is 343 Å². The predicted octanol–water partition coefficient (Wildman–Crippen LogP) is 9.26. The fourth-order valence-electron chi connectivity index (χ4n) is 5.30. The molecule has 1 spiro atoms. The van der Waals surface area contributed by atoms with Crippen LogP contribution in [0.25, 0.3) is 0 Å². The van der Waals surface area contributed by atoms with Crippen LogP contribution >= 0.6 is 71.8 Å². The molecular formula is C34H39Br3CaCl2N4O4. The Morgan fingerprint density at radius 3 is 1.79 bits per heavy atom. The first-order chi connectivity index (χ1) is 22.6. The molecule has 1 heterocycles. The Balaban J connectivity index is 0.000000225. The number of Topliss-reactive ketones (excluding diaryl/α,β-unsaturated/α-hetero) is 1. The maximum atomic E-state index is 11.8. The zero-order valence-corrected chi connectivity index (χ0v) is 35.0. The molecule has 7 rings (SSSR count). The first-order valence-electron chi connectivity index (χ1n) is 15.5. The average molecular weight is 918 g/mol. The fourth-order valence-corrected chi connectivity index (χ4v) is 6.68. The van der Waals surface area contributed by atoms with Crippen molar-refractivity contribution in [2.75, 3.05) is 22.6 Å². The van der Waals surface area contributed by atoms with Crippen LogP contribution in [0.2, 0.25) is 0 Å². The van der Waals surface area contributed by atoms with Gasteiger partial charge in [-0.15, -0.1) is 12.4 Å². The van der Waals surface area contributed by atoms with Crippen molar-refractivity contribution in [1.29, 1.82) is 0 Å². The minimum atomic E-state index is -0.171. The molecule has 0 aromatic heterocycles. The zero-order valence-electron chi connectivity index (χ0n) is 26.4. The number of amides is 1. The molecule has 256 valence electrons. The molecular weight excluding hydrogens is 879 g/mol. The number of hydrogen-bond acceptors (Lipinski definition) is 7. The van der Waals surface area contributed by atoms with Crippen LogP contribution in [0.3, 0.4) is 0 Å². The Hall–Kier alpha value is -0.890. The van der Waals surface area contributed by atoms with Gasteiger partial charge in [0, 0.05) is 42.3 Å². The van der Waals surface area contributed by atoms with Crippen LogP contribution in [-0.4, -0.2) is 59.4 Å². The molecule has 5 N–H and O–H groups in total. The molecule has 14 heteroatoms. The van der Waals surface area contributed by atoms with Crippen LogP contribution in [0.1, 0.15) is 63.4 Å². The van der Waals surface area contributed by atoms with Gasteiger partial charge in [-0.3, -0.25) is 20.2 Å². The number of ketones is 1. The molecule has 1 amide bonds. The van der Waals surface area contributed by atoms with Crippen LogP contribution in [0, 0.1) is 11.8 Å². The fraction of sp³-hybridized carbons (Fsp3) is 0.382. The van der Waals surface area contributed by atoms with Gasteiger partial charge in [-0.1, -0.05) is 85.3 Å². The van der Waals surface area contributed by atoms with Crippen molar-refractivity contribution in [3.8, 4) is 0 Å². The summed E-state index contributed by atoms with van der Waals surface area (Å²) in [6.07, 6.45) is 9.78. The van der Waals surface area contributed by atoms with Gasteiger partial charge in [0.2, 0.25) is 11.1 Å². The monoisotopic (exact) mass is 914 g/mol. The molecule has 0 bridgehead atoms. The number of nitrogens with one attached hydrogen (secondary N) is 3. The summed E-state index contributed by atoms with van der Waals surface area (Å²) in [6, 6.07) is 21.6. The summed E-state index contributed by atoms with van der Waals surface area (Å²) < 4.78 is 11.5. The van der Waals surface area contributed by atoms with Crippen LogP contribution in [0.4, 0.5) is 17.1 Å². The zero-order chi connectivity index (χ0) is 34.4. The minimum absolute atomic E-state index is 0. The van der Waals surface area contributed by atoms with Gasteiger partial charge in [0.1, 0.15) is 0 Å². The third-order valence-corrected chi connectivity index (χ3v) is 10.4. The first-order valence-corrected chi connectivity index (χ1v) is 19.1. The van der Waals surface area contributed by atoms with Gasteiger partial charge in [-0.05, 0) is 104 Å². The van der Waals surface area contributed by atoms with Crippen LogP contribution in [-0.2, 0) is 21.2 Å². The van der Waals surface area contributed by atoms with E-state index in [0.717, 1.165) is 69.0 Å². The van der Waals surface area contributed by atoms with E-state index in [9.17, 15) is 14.4 Å². The number of hydrogen-bond donors (Lipinski definition) is 4. The summed E-state index contributed by atoms with van der Waals surface area (Å²) in [5, 5.41) is 5.97. The van der Waals surface area contributed by atoms with Gasteiger partial charge in [0.25, 0.3) is 0 Å². The summed E-state index contributed by atoms with van der Waals surface area (Å²) in [5.74, 6) is 6.22. The number of rotatable bonds is 6. The van der Waals surface area contributed by atoms with E-state index in [1.54, 1.807) is 0 Å². The Kier molecular flexibility index (Phi) is 20.0. The van der Waals surface area contributed by atoms with E-state index >= 15 is 0 Å². The number of fused-ring (bicyclic) bond motifs is 2. The molecule has 3 fully saturated rings. The summed E-state index contributed by atoms with van der Waals surface area (Å²) in [5.41, 5.74) is 6.45. The van der Waals surface area contributed by atoms with E-state index in [-0.39, 0.29) is 70.8 Å². The van der Waals surface area contributed by atoms with Crippen molar-refractivity contribution in [3.05, 3.63) is 85.7 Å². The first kappa shape index (κ1) is 43.3. The number of carbonyl (C=O) groups excluding carboxylic acids is 3. The van der Waals surface area contributed by atoms with E-state index in [2.05, 4.69) is 69.9 Å². The van der Waals surface area contributed by atoms with Crippen molar-refractivity contribution in [3.63, 3.8) is 0 Å². The van der Waals surface area contributed by atoms with Crippen molar-refractivity contribution in [2.45, 2.75) is 63.2 Å². The molecule has 3 aromatic rings. The number of nitrogen functional groups attached to an aromatic ring is 1. The number of hydrazine groups is 1. The van der Waals surface area contributed by atoms with Crippen molar-refractivity contribution in [2.24, 2.45) is 17.7 Å². The Morgan fingerprint density at radius 1 is 0.833 bits per heavy atom. The number of halogens is 5. The summed E-state index contributed by atoms with van der Waals surface area (Å²) in [6.45, 7) is 0.459. The molecule has 8 nitrogen and oxygen atoms in total. The average Bonchev–Trinajstić information content (AvgIpc) is 3.27. The normalized spacial score (nSPS) is 16.2. The molecule has 3 saturated carbocycles. The third kappa shape index (κ3) is 12.7. The summed E-state index contributed by atoms with van der Waals surface area (Å²) >= 11 is 15.4. The third-order valence-electron chi connectivity index (χ3n) is 8.66. The van der Waals surface area contributed by atoms with Gasteiger partial charge in [0.15, 0.2) is 5.78 Å². The van der Waals surface area contributed by atoms with E-state index in [1.165, 1.54) is 24.8 Å². The molecule has 0 atom stereocenters. The second-order valence-electron chi connectivity index (χ2n) is 11.6. The molecule has 0 unspecified atom stereocenters. The molecule has 0 radical (unpaired) electrons. The van der Waals surface area contributed by atoms with Crippen molar-refractivity contribution in [1.82, 2.24) is 0 Å². The number of benzene rings is 3. The summed E-state index contributed by atoms with van der Waals surface area (Å²) in [4.78, 5) is 33.6. The Bertz CT molecular complexity index is 1530. The molecule has 4 aliphatic rings. The number of carbonyl (C=O) groups is 3. The number of anilines is 3. The molecule has 48 heavy (non-hydrogen) atoms. The molecule has 3 aliphatic carbocycles. The topological polar surface area (TPSA) is 130 Å². The van der Waals surface area contributed by atoms with Crippen molar-refractivity contribution >= 4 is 142 Å². The SMILES string of the molecule is Cl.NNc1cccc(Br)c1.O=C(CNc1cccc(Br)c1)C1CCC1.O=C(Cl)C1CCC1.O=C1Nc2cc(Br)ccc2C12CCC2.[O]=[Ca]. The van der Waals surface area contributed by atoms with Crippen LogP contribution in [0.15, 0.2) is 80.1 Å². The second kappa shape index (κ2) is 22.1. The Morgan fingerprint density at radius 2 is 1.38 bits per heavy atom. The summed E-state index contributed by atoms with van der Waals surface area (Å²) in [7, 11) is 0. The van der Waals surface area contributed by atoms with Gasteiger partial charge in [-0.2, -0.15) is 0 Å². The van der Waals surface area contributed by atoms with Gasteiger partial charge >= 0.3 is 37.3 Å². The van der Waals surface area contributed by atoms with E-state index in [4.69, 9.17) is 18.9 Å². The van der Waals surface area contributed by atoms with Gasteiger partial charge in [-0.25, -0.2) is 0 Å².